The van der Waals surface area contributed by atoms with Crippen molar-refractivity contribution in [2.75, 3.05) is 40.0 Å². The number of ether oxygens (including phenoxy) is 2. The Morgan fingerprint density at radius 2 is 2.26 bits per heavy atom. The van der Waals surface area contributed by atoms with Crippen molar-refractivity contribution in [1.29, 1.82) is 0 Å². The number of nitrogens with zero attached hydrogens (tertiary/aromatic N) is 1. The van der Waals surface area contributed by atoms with E-state index in [-0.39, 0.29) is 24.0 Å². The SMILES string of the molecule is CN=C(NCCCOC1CCOC1)NCCc1ccc(Br)s1.I. The molecule has 8 heteroatoms. The smallest absolute Gasteiger partial charge is 0.190 e. The fraction of sp³-hybridized carbons (Fsp3) is 0.667. The number of rotatable bonds is 8. The number of hydrogen-bond donors (Lipinski definition) is 2. The first-order valence-electron chi connectivity index (χ1n) is 7.66. The molecule has 0 aliphatic carbocycles. The van der Waals surface area contributed by atoms with Gasteiger partial charge in [-0.3, -0.25) is 4.99 Å². The summed E-state index contributed by atoms with van der Waals surface area (Å²) < 4.78 is 12.2. The summed E-state index contributed by atoms with van der Waals surface area (Å²) in [6, 6.07) is 4.24. The van der Waals surface area contributed by atoms with Crippen molar-refractivity contribution in [3.8, 4) is 0 Å². The molecule has 23 heavy (non-hydrogen) atoms. The van der Waals surface area contributed by atoms with Gasteiger partial charge in [0.15, 0.2) is 5.96 Å². The second-order valence-corrected chi connectivity index (χ2v) is 7.64. The van der Waals surface area contributed by atoms with Crippen LogP contribution in [0.2, 0.25) is 0 Å². The lowest BCUT2D eigenvalue weighted by molar-refractivity contribution is 0.0420. The van der Waals surface area contributed by atoms with Crippen LogP contribution in [0.1, 0.15) is 17.7 Å². The van der Waals surface area contributed by atoms with Crippen LogP contribution in [0.5, 0.6) is 0 Å². The Balaban J connectivity index is 0.00000264. The topological polar surface area (TPSA) is 54.9 Å². The van der Waals surface area contributed by atoms with Crippen molar-refractivity contribution < 1.29 is 9.47 Å². The van der Waals surface area contributed by atoms with Gasteiger partial charge in [0.2, 0.25) is 0 Å². The average Bonchev–Trinajstić information content (AvgIpc) is 3.17. The predicted molar refractivity (Wildman–Crippen MR) is 110 cm³/mol. The van der Waals surface area contributed by atoms with E-state index in [2.05, 4.69) is 43.7 Å². The minimum Gasteiger partial charge on any atom is -0.379 e. The number of thiophene rings is 1. The van der Waals surface area contributed by atoms with Gasteiger partial charge in [0.25, 0.3) is 0 Å². The number of halogens is 2. The Morgan fingerprint density at radius 1 is 1.43 bits per heavy atom. The van der Waals surface area contributed by atoms with E-state index in [1.165, 1.54) is 8.66 Å². The van der Waals surface area contributed by atoms with E-state index in [0.717, 1.165) is 58.1 Å². The Hall–Kier alpha value is 0.1000. The summed E-state index contributed by atoms with van der Waals surface area (Å²) >= 11 is 5.26. The molecule has 0 aromatic carbocycles. The normalized spacial score (nSPS) is 17.8. The van der Waals surface area contributed by atoms with E-state index in [1.54, 1.807) is 18.4 Å². The van der Waals surface area contributed by atoms with Gasteiger partial charge in [-0.1, -0.05) is 0 Å². The van der Waals surface area contributed by atoms with Crippen LogP contribution in [-0.2, 0) is 15.9 Å². The van der Waals surface area contributed by atoms with Gasteiger partial charge in [0.1, 0.15) is 0 Å². The van der Waals surface area contributed by atoms with E-state index in [1.807, 2.05) is 0 Å². The van der Waals surface area contributed by atoms with Gasteiger partial charge < -0.3 is 20.1 Å². The van der Waals surface area contributed by atoms with Crippen LogP contribution in [-0.4, -0.2) is 52.0 Å². The van der Waals surface area contributed by atoms with Crippen molar-refractivity contribution >= 4 is 57.2 Å². The maximum atomic E-state index is 5.73. The molecule has 0 bridgehead atoms. The molecule has 0 spiro atoms. The van der Waals surface area contributed by atoms with Gasteiger partial charge in [0.05, 0.1) is 16.5 Å². The molecule has 1 saturated heterocycles. The Kier molecular flexibility index (Phi) is 11.5. The van der Waals surface area contributed by atoms with Gasteiger partial charge in [-0.2, -0.15) is 0 Å². The molecular weight excluding hydrogens is 493 g/mol. The maximum absolute atomic E-state index is 5.73. The molecule has 1 fully saturated rings. The minimum absolute atomic E-state index is 0. The molecule has 5 nitrogen and oxygen atoms in total. The van der Waals surface area contributed by atoms with Crippen LogP contribution < -0.4 is 10.6 Å². The zero-order valence-corrected chi connectivity index (χ0v) is 18.1. The van der Waals surface area contributed by atoms with E-state index in [9.17, 15) is 0 Å². The first kappa shape index (κ1) is 21.1. The Bertz CT molecular complexity index is 467. The van der Waals surface area contributed by atoms with Gasteiger partial charge in [0, 0.05) is 38.2 Å². The summed E-state index contributed by atoms with van der Waals surface area (Å²) in [5, 5.41) is 6.64. The highest BCUT2D eigenvalue weighted by Gasteiger charge is 2.15. The first-order valence-corrected chi connectivity index (χ1v) is 9.27. The highest BCUT2D eigenvalue weighted by atomic mass is 127. The average molecular weight is 518 g/mol. The van der Waals surface area contributed by atoms with Crippen molar-refractivity contribution in [2.24, 2.45) is 4.99 Å². The number of aliphatic imine (C=N–C) groups is 1. The van der Waals surface area contributed by atoms with Gasteiger partial charge >= 0.3 is 0 Å². The van der Waals surface area contributed by atoms with Crippen molar-refractivity contribution in [1.82, 2.24) is 10.6 Å². The van der Waals surface area contributed by atoms with Crippen molar-refractivity contribution in [2.45, 2.75) is 25.4 Å². The van der Waals surface area contributed by atoms with Crippen molar-refractivity contribution in [3.05, 3.63) is 20.8 Å². The lowest BCUT2D eigenvalue weighted by Gasteiger charge is -2.13. The molecule has 1 aliphatic heterocycles. The molecule has 2 rings (SSSR count). The second-order valence-electron chi connectivity index (χ2n) is 5.09. The van der Waals surface area contributed by atoms with Gasteiger partial charge in [-0.05, 0) is 47.3 Å². The van der Waals surface area contributed by atoms with Crippen LogP contribution in [0.3, 0.4) is 0 Å². The maximum Gasteiger partial charge on any atom is 0.190 e. The largest absolute Gasteiger partial charge is 0.379 e. The molecule has 1 aromatic rings. The van der Waals surface area contributed by atoms with Crippen LogP contribution >= 0.6 is 51.2 Å². The van der Waals surface area contributed by atoms with Crippen molar-refractivity contribution in [3.63, 3.8) is 0 Å². The Labute approximate surface area is 167 Å². The molecule has 132 valence electrons. The summed E-state index contributed by atoms with van der Waals surface area (Å²) in [7, 11) is 1.80. The monoisotopic (exact) mass is 517 g/mol. The van der Waals surface area contributed by atoms with Crippen LogP contribution in [0, 0.1) is 0 Å². The molecule has 2 N–H and O–H groups in total. The van der Waals surface area contributed by atoms with Crippen LogP contribution in [0.4, 0.5) is 0 Å². The van der Waals surface area contributed by atoms with E-state index in [0.29, 0.717) is 6.10 Å². The van der Waals surface area contributed by atoms with Crippen LogP contribution in [0.15, 0.2) is 20.9 Å². The molecular formula is C15H25BrIN3O2S. The van der Waals surface area contributed by atoms with E-state index >= 15 is 0 Å². The number of hydrogen-bond acceptors (Lipinski definition) is 4. The molecule has 0 saturated carbocycles. The summed E-state index contributed by atoms with van der Waals surface area (Å²) in [4.78, 5) is 5.59. The zero-order chi connectivity index (χ0) is 15.6. The summed E-state index contributed by atoms with van der Waals surface area (Å²) in [5.74, 6) is 0.847. The molecule has 1 unspecified atom stereocenters. The van der Waals surface area contributed by atoms with Gasteiger partial charge in [-0.15, -0.1) is 35.3 Å². The lowest BCUT2D eigenvalue weighted by atomic mass is 10.3. The summed E-state index contributed by atoms with van der Waals surface area (Å²) in [5.41, 5.74) is 0. The fourth-order valence-electron chi connectivity index (χ4n) is 2.18. The number of nitrogens with one attached hydrogen (secondary N) is 2. The Morgan fingerprint density at radius 3 is 2.91 bits per heavy atom. The molecule has 1 aliphatic rings. The molecule has 1 aromatic heterocycles. The van der Waals surface area contributed by atoms with Crippen LogP contribution in [0.25, 0.3) is 0 Å². The third-order valence-electron chi connectivity index (χ3n) is 3.37. The quantitative estimate of drug-likeness (QED) is 0.241. The molecule has 1 atom stereocenters. The second kappa shape index (κ2) is 12.5. The molecule has 0 radical (unpaired) electrons. The first-order chi connectivity index (χ1) is 10.8. The fourth-order valence-corrected chi connectivity index (χ4v) is 3.67. The summed E-state index contributed by atoms with van der Waals surface area (Å²) in [6.07, 6.45) is 3.29. The number of guanidine groups is 1. The minimum atomic E-state index is 0. The third-order valence-corrected chi connectivity index (χ3v) is 5.05. The third kappa shape index (κ3) is 8.67. The lowest BCUT2D eigenvalue weighted by Crippen LogP contribution is -2.39. The summed E-state index contributed by atoms with van der Waals surface area (Å²) in [6.45, 7) is 4.08. The zero-order valence-electron chi connectivity index (χ0n) is 13.3. The standard InChI is InChI=1S/C15H24BrN3O2S.HI/c1-17-15(19-8-5-13-3-4-14(16)22-13)18-7-2-9-21-12-6-10-20-11-12;/h3-4,12H,2,5-11H2,1H3,(H2,17,18,19);1H. The predicted octanol–water partition coefficient (Wildman–Crippen LogP) is 3.03. The highest BCUT2D eigenvalue weighted by Crippen LogP contribution is 2.21. The molecule has 0 amide bonds. The van der Waals surface area contributed by atoms with E-state index in [4.69, 9.17) is 9.47 Å². The highest BCUT2D eigenvalue weighted by molar-refractivity contribution is 14.0. The van der Waals surface area contributed by atoms with E-state index < -0.39 is 0 Å². The molecule has 2 heterocycles. The van der Waals surface area contributed by atoms with Gasteiger partial charge in [-0.25, -0.2) is 0 Å².